The smallest absolute Gasteiger partial charge is 0.172 e. The highest BCUT2D eigenvalue weighted by molar-refractivity contribution is 7.81. The third-order valence-electron chi connectivity index (χ3n) is 4.12. The Hall–Kier alpha value is -0.160. The first-order valence-corrected chi connectivity index (χ1v) is 13.4. The van der Waals surface area contributed by atoms with Gasteiger partial charge in [0.05, 0.1) is 0 Å². The molecule has 0 aromatic heterocycles. The molecule has 0 bridgehead atoms. The van der Waals surface area contributed by atoms with E-state index in [1.807, 2.05) is 41.5 Å². The Morgan fingerprint density at radius 2 is 1.00 bits per heavy atom. The normalized spacial score (nSPS) is 14.4. The van der Waals surface area contributed by atoms with Crippen LogP contribution in [-0.4, -0.2) is 47.0 Å². The maximum Gasteiger partial charge on any atom is 0.172 e. The zero-order valence-electron chi connectivity index (χ0n) is 15.5. The van der Waals surface area contributed by atoms with Crippen molar-refractivity contribution in [2.75, 3.05) is 24.6 Å². The first-order valence-electron chi connectivity index (χ1n) is 8.38. The summed E-state index contributed by atoms with van der Waals surface area (Å²) in [6.45, 7) is 11.5. The first kappa shape index (κ1) is 23.8. The van der Waals surface area contributed by atoms with Crippen molar-refractivity contribution >= 4 is 49.2 Å². The van der Waals surface area contributed by atoms with Gasteiger partial charge in [0.15, 0.2) is 24.8 Å². The molecule has 0 aromatic carbocycles. The van der Waals surface area contributed by atoms with Gasteiger partial charge in [-0.05, 0) is 38.3 Å². The zero-order chi connectivity index (χ0) is 19.0. The lowest BCUT2D eigenvalue weighted by Crippen LogP contribution is -2.52. The summed E-state index contributed by atoms with van der Waals surface area (Å²) in [6, 6.07) is -0.0934. The summed E-state index contributed by atoms with van der Waals surface area (Å²) >= 11 is 10.5. The molecule has 0 saturated carbocycles. The van der Waals surface area contributed by atoms with Gasteiger partial charge in [0.2, 0.25) is 0 Å². The van der Waals surface area contributed by atoms with Crippen LogP contribution in [0.2, 0.25) is 0 Å². The minimum Gasteiger partial charge on any atom is -0.358 e. The van der Waals surface area contributed by atoms with Gasteiger partial charge in [-0.3, -0.25) is 0 Å². The topological polar surface area (TPSA) is 82.3 Å². The molecule has 142 valence electrons. The highest BCUT2D eigenvalue weighted by Gasteiger charge is 2.22. The standard InChI is InChI=1S/C14H32N4O2P2S2/c1-7-21(19,8-2)17-13(23)15-11(5)12(6)16-14(24)18-22(20,9-3)10-4/h11-12H,7-10H2,1-6H3,(H2,15,17,19,23)(H2,16,18,20,24). The fourth-order valence-corrected chi connectivity index (χ4v) is 5.63. The quantitative estimate of drug-likeness (QED) is 0.338. The van der Waals surface area contributed by atoms with E-state index < -0.39 is 14.6 Å². The Balaban J connectivity index is 4.54. The minimum atomic E-state index is -2.44. The highest BCUT2D eigenvalue weighted by atomic mass is 32.1. The molecule has 2 unspecified atom stereocenters. The van der Waals surface area contributed by atoms with Gasteiger partial charge in [0.1, 0.15) is 0 Å². The summed E-state index contributed by atoms with van der Waals surface area (Å²) in [6.07, 6.45) is 2.24. The molecule has 24 heavy (non-hydrogen) atoms. The molecule has 0 rings (SSSR count). The van der Waals surface area contributed by atoms with E-state index in [0.717, 1.165) is 0 Å². The molecular weight excluding hydrogens is 382 g/mol. The largest absolute Gasteiger partial charge is 0.358 e. The van der Waals surface area contributed by atoms with Crippen molar-refractivity contribution in [1.82, 2.24) is 20.8 Å². The predicted molar refractivity (Wildman–Crippen MR) is 114 cm³/mol. The fraction of sp³-hybridized carbons (Fsp3) is 0.857. The Morgan fingerprint density at radius 1 is 0.750 bits per heavy atom. The molecule has 0 saturated heterocycles. The molecule has 0 spiro atoms. The van der Waals surface area contributed by atoms with E-state index >= 15 is 0 Å². The van der Waals surface area contributed by atoms with Gasteiger partial charge in [-0.25, -0.2) is 0 Å². The number of hydrogen-bond donors (Lipinski definition) is 4. The summed E-state index contributed by atoms with van der Waals surface area (Å²) in [7, 11) is -4.87. The number of hydrogen-bond acceptors (Lipinski definition) is 4. The van der Waals surface area contributed by atoms with Gasteiger partial charge in [-0.2, -0.15) is 0 Å². The fourth-order valence-electron chi connectivity index (χ4n) is 1.86. The average molecular weight is 415 g/mol. The number of thiocarbonyl (C=S) groups is 2. The van der Waals surface area contributed by atoms with Crippen molar-refractivity contribution in [3.8, 4) is 0 Å². The van der Waals surface area contributed by atoms with Gasteiger partial charge in [0, 0.05) is 36.7 Å². The molecule has 0 aliphatic rings. The second-order valence-corrected chi connectivity index (χ2v) is 13.1. The number of rotatable bonds is 9. The molecule has 0 radical (unpaired) electrons. The van der Waals surface area contributed by atoms with Crippen LogP contribution >= 0.6 is 39.0 Å². The lowest BCUT2D eigenvalue weighted by molar-refractivity contribution is 0.510. The SMILES string of the molecule is CCP(=O)(CC)NC(=S)NC(C)C(C)NC(=S)NP(=O)(CC)CC. The van der Waals surface area contributed by atoms with E-state index in [0.29, 0.717) is 34.9 Å². The van der Waals surface area contributed by atoms with E-state index in [1.54, 1.807) is 0 Å². The highest BCUT2D eigenvalue weighted by Crippen LogP contribution is 2.39. The van der Waals surface area contributed by atoms with Crippen LogP contribution in [0.15, 0.2) is 0 Å². The van der Waals surface area contributed by atoms with Crippen LogP contribution in [-0.2, 0) is 9.13 Å². The molecule has 4 N–H and O–H groups in total. The van der Waals surface area contributed by atoms with Gasteiger partial charge in [-0.1, -0.05) is 27.7 Å². The Kier molecular flexibility index (Phi) is 10.7. The van der Waals surface area contributed by atoms with Crippen molar-refractivity contribution in [2.24, 2.45) is 0 Å². The lowest BCUT2D eigenvalue weighted by atomic mass is 10.2. The minimum absolute atomic E-state index is 0.0467. The molecule has 0 aliphatic carbocycles. The van der Waals surface area contributed by atoms with Crippen LogP contribution in [0.25, 0.3) is 0 Å². The van der Waals surface area contributed by atoms with Gasteiger partial charge in [0.25, 0.3) is 0 Å². The van der Waals surface area contributed by atoms with Gasteiger partial charge in [-0.15, -0.1) is 0 Å². The molecule has 0 aliphatic heterocycles. The van der Waals surface area contributed by atoms with Crippen molar-refractivity contribution in [2.45, 2.75) is 53.6 Å². The zero-order valence-corrected chi connectivity index (χ0v) is 18.9. The molecular formula is C14H32N4O2P2S2. The van der Waals surface area contributed by atoms with Crippen LogP contribution < -0.4 is 20.8 Å². The molecule has 2 atom stereocenters. The first-order chi connectivity index (χ1) is 11.0. The molecule has 0 amide bonds. The van der Waals surface area contributed by atoms with Crippen LogP contribution in [0.4, 0.5) is 0 Å². The second kappa shape index (κ2) is 10.7. The second-order valence-electron chi connectivity index (χ2n) is 5.79. The Morgan fingerprint density at radius 3 is 1.21 bits per heavy atom. The molecule has 6 nitrogen and oxygen atoms in total. The van der Waals surface area contributed by atoms with Crippen LogP contribution in [0, 0.1) is 0 Å². The predicted octanol–water partition coefficient (Wildman–Crippen LogP) is 3.33. The van der Waals surface area contributed by atoms with Crippen molar-refractivity contribution in [3.63, 3.8) is 0 Å². The van der Waals surface area contributed by atoms with Crippen molar-refractivity contribution < 1.29 is 9.13 Å². The third-order valence-corrected chi connectivity index (χ3v) is 10.2. The molecule has 0 fully saturated rings. The number of nitrogens with one attached hydrogen (secondary N) is 4. The summed E-state index contributed by atoms with van der Waals surface area (Å²) in [5.74, 6) is 0. The average Bonchev–Trinajstić information content (AvgIpc) is 2.53. The van der Waals surface area contributed by atoms with Gasteiger partial charge >= 0.3 is 0 Å². The third kappa shape index (κ3) is 8.28. The lowest BCUT2D eigenvalue weighted by Gasteiger charge is -2.28. The molecule has 10 heteroatoms. The van der Waals surface area contributed by atoms with E-state index in [2.05, 4.69) is 20.8 Å². The summed E-state index contributed by atoms with van der Waals surface area (Å²) < 4.78 is 24.8. The van der Waals surface area contributed by atoms with E-state index in [4.69, 9.17) is 24.4 Å². The molecule has 0 aromatic rings. The maximum atomic E-state index is 12.4. The summed E-state index contributed by atoms with van der Waals surface area (Å²) in [5.41, 5.74) is 0. The van der Waals surface area contributed by atoms with Crippen LogP contribution in [0.3, 0.4) is 0 Å². The maximum absolute atomic E-state index is 12.4. The van der Waals surface area contributed by atoms with E-state index in [1.165, 1.54) is 0 Å². The monoisotopic (exact) mass is 414 g/mol. The molecule has 0 heterocycles. The van der Waals surface area contributed by atoms with Crippen LogP contribution in [0.1, 0.15) is 41.5 Å². The Bertz CT molecular complexity index is 469. The van der Waals surface area contributed by atoms with Gasteiger partial charge < -0.3 is 29.9 Å². The summed E-state index contributed by atoms with van der Waals surface area (Å²) in [5, 5.41) is 12.9. The van der Waals surface area contributed by atoms with E-state index in [9.17, 15) is 9.13 Å². The Labute approximate surface area is 157 Å². The van der Waals surface area contributed by atoms with E-state index in [-0.39, 0.29) is 12.1 Å². The van der Waals surface area contributed by atoms with Crippen LogP contribution in [0.5, 0.6) is 0 Å². The van der Waals surface area contributed by atoms with Crippen molar-refractivity contribution in [3.05, 3.63) is 0 Å². The summed E-state index contributed by atoms with van der Waals surface area (Å²) in [4.78, 5) is 0. The van der Waals surface area contributed by atoms with Crippen molar-refractivity contribution in [1.29, 1.82) is 0 Å².